The fourth-order valence-corrected chi connectivity index (χ4v) is 2.14. The number of piperidine rings is 1. The minimum Gasteiger partial charge on any atom is -0.306 e. The molecule has 0 spiro atoms. The Bertz CT molecular complexity index is 184. The summed E-state index contributed by atoms with van der Waals surface area (Å²) in [6.45, 7) is 8.59. The molecule has 12 heavy (non-hydrogen) atoms. The number of rotatable bonds is 1. The summed E-state index contributed by atoms with van der Waals surface area (Å²) in [5.74, 6) is 0.172. The molecule has 1 fully saturated rings. The van der Waals surface area contributed by atoms with Gasteiger partial charge < -0.3 is 10.1 Å². The van der Waals surface area contributed by atoms with Crippen molar-refractivity contribution >= 4 is 6.29 Å². The van der Waals surface area contributed by atoms with Crippen LogP contribution in [-0.2, 0) is 4.79 Å². The van der Waals surface area contributed by atoms with Crippen LogP contribution in [-0.4, -0.2) is 17.4 Å². The summed E-state index contributed by atoms with van der Waals surface area (Å²) < 4.78 is 0. The van der Waals surface area contributed by atoms with E-state index in [1.54, 1.807) is 0 Å². The second-order valence-corrected chi connectivity index (χ2v) is 5.01. The highest BCUT2D eigenvalue weighted by molar-refractivity contribution is 5.56. The molecule has 1 unspecified atom stereocenters. The Labute approximate surface area is 74.7 Å². The van der Waals surface area contributed by atoms with Crippen molar-refractivity contribution in [3.8, 4) is 0 Å². The van der Waals surface area contributed by atoms with Gasteiger partial charge in [0, 0.05) is 17.0 Å². The molecule has 1 saturated heterocycles. The quantitative estimate of drug-likeness (QED) is 0.606. The van der Waals surface area contributed by atoms with Crippen LogP contribution in [0, 0.1) is 5.92 Å². The van der Waals surface area contributed by atoms with E-state index in [-0.39, 0.29) is 17.0 Å². The average molecular weight is 169 g/mol. The molecule has 0 aromatic carbocycles. The highest BCUT2D eigenvalue weighted by Crippen LogP contribution is 2.31. The summed E-state index contributed by atoms with van der Waals surface area (Å²) in [5.41, 5.74) is 0.145. The van der Waals surface area contributed by atoms with Gasteiger partial charge in [-0.1, -0.05) is 0 Å². The zero-order valence-corrected chi connectivity index (χ0v) is 8.48. The van der Waals surface area contributed by atoms with Crippen LogP contribution >= 0.6 is 0 Å². The van der Waals surface area contributed by atoms with Crippen molar-refractivity contribution in [3.05, 3.63) is 0 Å². The van der Waals surface area contributed by atoms with Gasteiger partial charge in [0.05, 0.1) is 0 Å². The molecule has 0 bridgehead atoms. The van der Waals surface area contributed by atoms with E-state index < -0.39 is 0 Å². The molecule has 0 aliphatic carbocycles. The average Bonchev–Trinajstić information content (AvgIpc) is 1.83. The molecule has 1 aliphatic rings. The van der Waals surface area contributed by atoms with Crippen molar-refractivity contribution in [1.29, 1.82) is 0 Å². The normalized spacial score (nSPS) is 32.8. The van der Waals surface area contributed by atoms with E-state index in [1.807, 2.05) is 0 Å². The standard InChI is InChI=1S/C10H19NO/c1-9(2)6-5-8(7-12)10(3,4)11-9/h7-8,11H,5-6H2,1-4H3. The highest BCUT2D eigenvalue weighted by Gasteiger charge is 2.39. The van der Waals surface area contributed by atoms with E-state index in [0.717, 1.165) is 19.1 Å². The third kappa shape index (κ3) is 1.86. The van der Waals surface area contributed by atoms with Gasteiger partial charge in [-0.2, -0.15) is 0 Å². The molecule has 0 aromatic rings. The summed E-state index contributed by atoms with van der Waals surface area (Å²) in [7, 11) is 0. The fraction of sp³-hybridized carbons (Fsp3) is 0.900. The van der Waals surface area contributed by atoms with E-state index in [0.29, 0.717) is 0 Å². The Morgan fingerprint density at radius 1 is 1.33 bits per heavy atom. The number of carbonyl (C=O) groups is 1. The minimum absolute atomic E-state index is 0.0382. The molecule has 1 N–H and O–H groups in total. The van der Waals surface area contributed by atoms with Crippen LogP contribution in [0.2, 0.25) is 0 Å². The second kappa shape index (κ2) is 2.84. The van der Waals surface area contributed by atoms with Gasteiger partial charge in [-0.15, -0.1) is 0 Å². The Morgan fingerprint density at radius 3 is 2.33 bits per heavy atom. The first-order valence-electron chi connectivity index (χ1n) is 4.62. The molecule has 0 saturated carbocycles. The third-order valence-electron chi connectivity index (χ3n) is 2.83. The van der Waals surface area contributed by atoms with E-state index in [9.17, 15) is 4.79 Å². The lowest BCUT2D eigenvalue weighted by Crippen LogP contribution is -2.60. The Hall–Kier alpha value is -0.370. The van der Waals surface area contributed by atoms with E-state index in [2.05, 4.69) is 33.0 Å². The fourth-order valence-electron chi connectivity index (χ4n) is 2.14. The van der Waals surface area contributed by atoms with E-state index in [4.69, 9.17) is 0 Å². The zero-order valence-electron chi connectivity index (χ0n) is 8.48. The number of nitrogens with one attached hydrogen (secondary N) is 1. The summed E-state index contributed by atoms with van der Waals surface area (Å²) in [6.07, 6.45) is 3.18. The van der Waals surface area contributed by atoms with Crippen LogP contribution in [0.3, 0.4) is 0 Å². The maximum atomic E-state index is 10.7. The Morgan fingerprint density at radius 2 is 1.92 bits per heavy atom. The predicted molar refractivity (Wildman–Crippen MR) is 50.1 cm³/mol. The van der Waals surface area contributed by atoms with Gasteiger partial charge in [-0.25, -0.2) is 0 Å². The van der Waals surface area contributed by atoms with Crippen LogP contribution in [0.1, 0.15) is 40.5 Å². The first-order valence-corrected chi connectivity index (χ1v) is 4.62. The molecule has 1 heterocycles. The lowest BCUT2D eigenvalue weighted by Gasteiger charge is -2.46. The molecule has 1 rings (SSSR count). The van der Waals surface area contributed by atoms with Gasteiger partial charge in [0.1, 0.15) is 6.29 Å². The van der Waals surface area contributed by atoms with Crippen molar-refractivity contribution in [2.75, 3.05) is 0 Å². The summed E-state index contributed by atoms with van der Waals surface area (Å²) in [6, 6.07) is 0. The minimum atomic E-state index is -0.0382. The van der Waals surface area contributed by atoms with E-state index in [1.165, 1.54) is 0 Å². The summed E-state index contributed by atoms with van der Waals surface area (Å²) >= 11 is 0. The Kier molecular flexibility index (Phi) is 2.30. The molecule has 0 aromatic heterocycles. The van der Waals surface area contributed by atoms with Crippen LogP contribution < -0.4 is 5.32 Å². The molecule has 1 aliphatic heterocycles. The molecule has 2 nitrogen and oxygen atoms in total. The second-order valence-electron chi connectivity index (χ2n) is 5.01. The molecule has 0 amide bonds. The molecule has 70 valence electrons. The third-order valence-corrected chi connectivity index (χ3v) is 2.83. The summed E-state index contributed by atoms with van der Waals surface area (Å²) in [4.78, 5) is 10.7. The predicted octanol–water partition coefficient (Wildman–Crippen LogP) is 1.74. The first kappa shape index (κ1) is 9.72. The largest absolute Gasteiger partial charge is 0.306 e. The van der Waals surface area contributed by atoms with E-state index >= 15 is 0 Å². The number of hydrogen-bond acceptors (Lipinski definition) is 2. The van der Waals surface area contributed by atoms with Crippen LogP contribution in [0.15, 0.2) is 0 Å². The smallest absolute Gasteiger partial charge is 0.124 e. The monoisotopic (exact) mass is 169 g/mol. The van der Waals surface area contributed by atoms with Crippen LogP contribution in [0.25, 0.3) is 0 Å². The van der Waals surface area contributed by atoms with Crippen molar-refractivity contribution in [3.63, 3.8) is 0 Å². The lowest BCUT2D eigenvalue weighted by atomic mass is 9.75. The Balaban J connectivity index is 2.73. The van der Waals surface area contributed by atoms with Gasteiger partial charge in [-0.3, -0.25) is 0 Å². The van der Waals surface area contributed by atoms with Crippen molar-refractivity contribution in [1.82, 2.24) is 5.32 Å². The number of carbonyl (C=O) groups excluding carboxylic acids is 1. The SMILES string of the molecule is CC1(C)CCC(C=O)C(C)(C)N1. The number of aldehydes is 1. The van der Waals surface area contributed by atoms with Gasteiger partial charge in [0.25, 0.3) is 0 Å². The topological polar surface area (TPSA) is 29.1 Å². The van der Waals surface area contributed by atoms with Gasteiger partial charge in [0.2, 0.25) is 0 Å². The summed E-state index contributed by atoms with van der Waals surface area (Å²) in [5, 5.41) is 3.50. The van der Waals surface area contributed by atoms with Crippen molar-refractivity contribution in [2.24, 2.45) is 5.92 Å². The van der Waals surface area contributed by atoms with Gasteiger partial charge in [0.15, 0.2) is 0 Å². The first-order chi connectivity index (χ1) is 5.37. The molecule has 0 radical (unpaired) electrons. The maximum absolute atomic E-state index is 10.7. The maximum Gasteiger partial charge on any atom is 0.124 e. The lowest BCUT2D eigenvalue weighted by molar-refractivity contribution is -0.114. The molecular weight excluding hydrogens is 150 g/mol. The molecule has 1 atom stereocenters. The van der Waals surface area contributed by atoms with Crippen LogP contribution in [0.5, 0.6) is 0 Å². The zero-order chi connectivity index (χ0) is 9.41. The highest BCUT2D eigenvalue weighted by atomic mass is 16.1. The van der Waals surface area contributed by atoms with Crippen molar-refractivity contribution in [2.45, 2.75) is 51.6 Å². The number of hydrogen-bond donors (Lipinski definition) is 1. The van der Waals surface area contributed by atoms with Gasteiger partial charge >= 0.3 is 0 Å². The molecular formula is C10H19NO. The van der Waals surface area contributed by atoms with Gasteiger partial charge in [-0.05, 0) is 40.5 Å². The van der Waals surface area contributed by atoms with Crippen LogP contribution in [0.4, 0.5) is 0 Å². The van der Waals surface area contributed by atoms with Crippen molar-refractivity contribution < 1.29 is 4.79 Å². The molecule has 2 heteroatoms.